The van der Waals surface area contributed by atoms with Crippen LogP contribution in [0.3, 0.4) is 0 Å². The Morgan fingerprint density at radius 2 is 1.91 bits per heavy atom. The highest BCUT2D eigenvalue weighted by atomic mass is 16.5. The van der Waals surface area contributed by atoms with Crippen LogP contribution in [0.15, 0.2) is 24.4 Å². The van der Waals surface area contributed by atoms with Crippen molar-refractivity contribution in [2.45, 2.75) is 53.1 Å². The van der Waals surface area contributed by atoms with E-state index >= 15 is 0 Å². The minimum absolute atomic E-state index is 0.296. The molecule has 0 bridgehead atoms. The molecule has 0 amide bonds. The van der Waals surface area contributed by atoms with Crippen molar-refractivity contribution in [1.29, 1.82) is 0 Å². The van der Waals surface area contributed by atoms with E-state index in [0.717, 1.165) is 18.5 Å². The molecule has 1 aromatic carbocycles. The first-order chi connectivity index (χ1) is 10.4. The number of carbonyl (C=O) groups excluding carboxylic acids is 1. The van der Waals surface area contributed by atoms with Crippen molar-refractivity contribution >= 4 is 16.9 Å². The van der Waals surface area contributed by atoms with E-state index in [4.69, 9.17) is 4.74 Å². The monoisotopic (exact) mass is 302 g/mol. The Labute approximate surface area is 132 Å². The van der Waals surface area contributed by atoms with Crippen molar-refractivity contribution in [3.63, 3.8) is 0 Å². The van der Waals surface area contributed by atoms with Gasteiger partial charge in [-0.3, -0.25) is 9.69 Å². The molecule has 0 fully saturated rings. The highest BCUT2D eigenvalue weighted by Gasteiger charge is 2.14. The summed E-state index contributed by atoms with van der Waals surface area (Å²) < 4.78 is 5.13. The van der Waals surface area contributed by atoms with E-state index in [0.29, 0.717) is 17.8 Å². The van der Waals surface area contributed by atoms with E-state index in [-0.39, 0.29) is 5.97 Å². The first-order valence-corrected chi connectivity index (χ1v) is 7.92. The van der Waals surface area contributed by atoms with Crippen molar-refractivity contribution in [2.75, 3.05) is 6.54 Å². The third-order valence-electron chi connectivity index (χ3n) is 3.97. The fraction of sp³-hybridized carbons (Fsp3) is 0.500. The molecule has 0 radical (unpaired) electrons. The molecular weight excluding hydrogens is 276 g/mol. The molecule has 0 aliphatic heterocycles. The molecule has 2 aromatic rings. The highest BCUT2D eigenvalue weighted by molar-refractivity contribution is 5.85. The van der Waals surface area contributed by atoms with E-state index in [1.54, 1.807) is 0 Å². The Kier molecular flexibility index (Phi) is 5.24. The standard InChI is InChI=1S/C18H26N2O2/c1-12(2)20(13(3)4)9-8-15-11-19-18-10-16(22-14(5)21)6-7-17(15)18/h6-7,10-13,19H,8-9H2,1-5H3. The van der Waals surface area contributed by atoms with E-state index in [2.05, 4.69) is 43.8 Å². The van der Waals surface area contributed by atoms with Gasteiger partial charge in [0.2, 0.25) is 0 Å². The van der Waals surface area contributed by atoms with Crippen LogP contribution in [-0.4, -0.2) is 34.5 Å². The number of rotatable bonds is 6. The van der Waals surface area contributed by atoms with Crippen LogP contribution < -0.4 is 4.74 Å². The van der Waals surface area contributed by atoms with Crippen molar-refractivity contribution in [2.24, 2.45) is 0 Å². The molecule has 0 unspecified atom stereocenters. The van der Waals surface area contributed by atoms with Crippen molar-refractivity contribution in [3.05, 3.63) is 30.0 Å². The lowest BCUT2D eigenvalue weighted by Gasteiger charge is -2.30. The van der Waals surface area contributed by atoms with Crippen molar-refractivity contribution in [1.82, 2.24) is 9.88 Å². The molecule has 1 N–H and O–H groups in total. The molecule has 0 atom stereocenters. The summed E-state index contributed by atoms with van der Waals surface area (Å²) >= 11 is 0. The van der Waals surface area contributed by atoms with Gasteiger partial charge in [-0.05, 0) is 51.8 Å². The lowest BCUT2D eigenvalue weighted by molar-refractivity contribution is -0.131. The first kappa shape index (κ1) is 16.6. The van der Waals surface area contributed by atoms with Crippen LogP contribution in [0.1, 0.15) is 40.2 Å². The van der Waals surface area contributed by atoms with Gasteiger partial charge in [-0.25, -0.2) is 0 Å². The third-order valence-corrected chi connectivity index (χ3v) is 3.97. The molecule has 1 heterocycles. The average Bonchev–Trinajstić information content (AvgIpc) is 2.80. The summed E-state index contributed by atoms with van der Waals surface area (Å²) in [7, 11) is 0. The summed E-state index contributed by atoms with van der Waals surface area (Å²) in [5.74, 6) is 0.287. The van der Waals surface area contributed by atoms with Gasteiger partial charge in [0, 0.05) is 48.7 Å². The third kappa shape index (κ3) is 3.89. The van der Waals surface area contributed by atoms with Gasteiger partial charge in [-0.15, -0.1) is 0 Å². The molecule has 0 aliphatic carbocycles. The summed E-state index contributed by atoms with van der Waals surface area (Å²) in [6, 6.07) is 6.84. The maximum absolute atomic E-state index is 11.0. The number of nitrogens with zero attached hydrogens (tertiary/aromatic N) is 1. The van der Waals surface area contributed by atoms with E-state index in [9.17, 15) is 4.79 Å². The highest BCUT2D eigenvalue weighted by Crippen LogP contribution is 2.24. The topological polar surface area (TPSA) is 45.3 Å². The van der Waals surface area contributed by atoms with E-state index in [1.807, 2.05) is 18.2 Å². The largest absolute Gasteiger partial charge is 0.427 e. The number of carbonyl (C=O) groups is 1. The summed E-state index contributed by atoms with van der Waals surface area (Å²) in [6.45, 7) is 11.4. The SMILES string of the molecule is CC(=O)Oc1ccc2c(CCN(C(C)C)C(C)C)c[nH]c2c1. The van der Waals surface area contributed by atoms with Crippen LogP contribution in [0.5, 0.6) is 5.75 Å². The Bertz CT molecular complexity index is 636. The maximum atomic E-state index is 11.0. The number of fused-ring (bicyclic) bond motifs is 1. The van der Waals surface area contributed by atoms with Crippen LogP contribution in [0.4, 0.5) is 0 Å². The number of aromatic amines is 1. The molecule has 4 heteroatoms. The normalized spacial score (nSPS) is 11.8. The smallest absolute Gasteiger partial charge is 0.308 e. The minimum atomic E-state index is -0.296. The van der Waals surface area contributed by atoms with Crippen LogP contribution in [-0.2, 0) is 11.2 Å². The lowest BCUT2D eigenvalue weighted by Crippen LogP contribution is -2.38. The number of hydrogen-bond acceptors (Lipinski definition) is 3. The zero-order valence-electron chi connectivity index (χ0n) is 14.1. The molecule has 0 saturated heterocycles. The van der Waals surface area contributed by atoms with Crippen LogP contribution in [0, 0.1) is 0 Å². The number of esters is 1. The lowest BCUT2D eigenvalue weighted by atomic mass is 10.1. The van der Waals surface area contributed by atoms with Gasteiger partial charge >= 0.3 is 5.97 Å². The predicted molar refractivity (Wildman–Crippen MR) is 90.3 cm³/mol. The second-order valence-electron chi connectivity index (χ2n) is 6.29. The van der Waals surface area contributed by atoms with Gasteiger partial charge < -0.3 is 9.72 Å². The average molecular weight is 302 g/mol. The van der Waals surface area contributed by atoms with E-state index < -0.39 is 0 Å². The second-order valence-corrected chi connectivity index (χ2v) is 6.29. The Balaban J connectivity index is 2.14. The number of hydrogen-bond donors (Lipinski definition) is 1. The van der Waals surface area contributed by atoms with Crippen LogP contribution in [0.25, 0.3) is 10.9 Å². The molecule has 0 aliphatic rings. The Morgan fingerprint density at radius 3 is 2.50 bits per heavy atom. The zero-order valence-corrected chi connectivity index (χ0v) is 14.1. The fourth-order valence-electron chi connectivity index (χ4n) is 2.96. The summed E-state index contributed by atoms with van der Waals surface area (Å²) in [4.78, 5) is 16.8. The number of nitrogens with one attached hydrogen (secondary N) is 1. The van der Waals surface area contributed by atoms with Crippen molar-refractivity contribution < 1.29 is 9.53 Å². The predicted octanol–water partition coefficient (Wildman–Crippen LogP) is 3.75. The molecular formula is C18H26N2O2. The minimum Gasteiger partial charge on any atom is -0.427 e. The summed E-state index contributed by atoms with van der Waals surface area (Å²) in [5.41, 5.74) is 2.31. The van der Waals surface area contributed by atoms with Gasteiger partial charge in [0.25, 0.3) is 0 Å². The number of aromatic nitrogens is 1. The van der Waals surface area contributed by atoms with Crippen LogP contribution in [0.2, 0.25) is 0 Å². The number of benzene rings is 1. The molecule has 22 heavy (non-hydrogen) atoms. The molecule has 4 nitrogen and oxygen atoms in total. The number of H-pyrrole nitrogens is 1. The molecule has 120 valence electrons. The van der Waals surface area contributed by atoms with Gasteiger partial charge in [0.1, 0.15) is 5.75 Å². The van der Waals surface area contributed by atoms with Gasteiger partial charge in [0.05, 0.1) is 0 Å². The van der Waals surface area contributed by atoms with Crippen LogP contribution >= 0.6 is 0 Å². The summed E-state index contributed by atoms with van der Waals surface area (Å²) in [6.07, 6.45) is 3.06. The van der Waals surface area contributed by atoms with Gasteiger partial charge in [0.15, 0.2) is 0 Å². The molecule has 0 spiro atoms. The fourth-order valence-corrected chi connectivity index (χ4v) is 2.96. The van der Waals surface area contributed by atoms with Crippen molar-refractivity contribution in [3.8, 4) is 5.75 Å². The van der Waals surface area contributed by atoms with Gasteiger partial charge in [-0.2, -0.15) is 0 Å². The molecule has 1 aromatic heterocycles. The van der Waals surface area contributed by atoms with Gasteiger partial charge in [-0.1, -0.05) is 0 Å². The maximum Gasteiger partial charge on any atom is 0.308 e. The second kappa shape index (κ2) is 6.97. The Morgan fingerprint density at radius 1 is 1.23 bits per heavy atom. The van der Waals surface area contributed by atoms with E-state index in [1.165, 1.54) is 17.9 Å². The first-order valence-electron chi connectivity index (χ1n) is 7.92. The quantitative estimate of drug-likeness (QED) is 0.653. The zero-order chi connectivity index (χ0) is 16.3. The summed E-state index contributed by atoms with van der Waals surface area (Å²) in [5, 5.41) is 1.20. The molecule has 0 saturated carbocycles. The number of ether oxygens (including phenoxy) is 1. The molecule has 2 rings (SSSR count). The Hall–Kier alpha value is -1.81.